The van der Waals surface area contributed by atoms with E-state index in [2.05, 4.69) is 35.3 Å². The third-order valence-corrected chi connectivity index (χ3v) is 3.28. The lowest BCUT2D eigenvalue weighted by Crippen LogP contribution is -1.94. The average molecular weight is 249 g/mol. The molecule has 0 aliphatic heterocycles. The molecule has 0 saturated carbocycles. The smallest absolute Gasteiger partial charge is 0.126 e. The lowest BCUT2D eigenvalue weighted by atomic mass is 10.0. The van der Waals surface area contributed by atoms with Gasteiger partial charge in [-0.25, -0.2) is 0 Å². The van der Waals surface area contributed by atoms with Crippen molar-refractivity contribution < 1.29 is 4.74 Å². The summed E-state index contributed by atoms with van der Waals surface area (Å²) in [6, 6.07) is 18.5. The molecular weight excluding hydrogens is 234 g/mol. The van der Waals surface area contributed by atoms with Crippen LogP contribution in [0.25, 0.3) is 10.8 Å². The summed E-state index contributed by atoms with van der Waals surface area (Å²) >= 11 is 0. The molecule has 0 N–H and O–H groups in total. The monoisotopic (exact) mass is 249 g/mol. The summed E-state index contributed by atoms with van der Waals surface area (Å²) in [4.78, 5) is 4.52. The number of methoxy groups -OCH3 is 1. The fourth-order valence-electron chi connectivity index (χ4n) is 2.35. The molecule has 2 heteroatoms. The van der Waals surface area contributed by atoms with Crippen molar-refractivity contribution in [1.82, 2.24) is 4.98 Å². The third-order valence-electron chi connectivity index (χ3n) is 3.28. The molecule has 0 bridgehead atoms. The van der Waals surface area contributed by atoms with E-state index in [9.17, 15) is 0 Å². The maximum absolute atomic E-state index is 5.40. The van der Waals surface area contributed by atoms with E-state index < -0.39 is 0 Å². The lowest BCUT2D eigenvalue weighted by molar-refractivity contribution is 0.420. The zero-order valence-electron chi connectivity index (χ0n) is 10.8. The highest BCUT2D eigenvalue weighted by atomic mass is 16.5. The minimum atomic E-state index is 0.839. The summed E-state index contributed by atoms with van der Waals surface area (Å²) in [6.07, 6.45) is 2.69. The summed E-state index contributed by atoms with van der Waals surface area (Å²) in [7, 11) is 1.70. The van der Waals surface area contributed by atoms with E-state index in [-0.39, 0.29) is 0 Å². The molecular formula is C17H15NO. The highest BCUT2D eigenvalue weighted by molar-refractivity contribution is 5.90. The summed E-state index contributed by atoms with van der Waals surface area (Å²) in [5.41, 5.74) is 2.35. The molecule has 1 heterocycles. The first kappa shape index (κ1) is 11.7. The topological polar surface area (TPSA) is 22.1 Å². The Morgan fingerprint density at radius 3 is 2.53 bits per heavy atom. The van der Waals surface area contributed by atoms with E-state index >= 15 is 0 Å². The Balaban J connectivity index is 2.09. The predicted octanol–water partition coefficient (Wildman–Crippen LogP) is 3.83. The highest BCUT2D eigenvalue weighted by Gasteiger charge is 2.06. The van der Waals surface area contributed by atoms with Crippen LogP contribution in [-0.4, -0.2) is 12.1 Å². The number of ether oxygens (including phenoxy) is 1. The van der Waals surface area contributed by atoms with Crippen LogP contribution in [-0.2, 0) is 6.42 Å². The van der Waals surface area contributed by atoms with Crippen LogP contribution in [0.15, 0.2) is 60.8 Å². The Morgan fingerprint density at radius 2 is 1.74 bits per heavy atom. The number of rotatable bonds is 3. The number of benzene rings is 2. The number of hydrogen-bond donors (Lipinski definition) is 0. The van der Waals surface area contributed by atoms with Gasteiger partial charge in [-0.1, -0.05) is 42.5 Å². The average Bonchev–Trinajstić information content (AvgIpc) is 2.48. The fourth-order valence-corrected chi connectivity index (χ4v) is 2.35. The zero-order chi connectivity index (χ0) is 13.1. The number of nitrogens with zero attached hydrogens (tertiary/aromatic N) is 1. The van der Waals surface area contributed by atoms with Crippen molar-refractivity contribution >= 4 is 10.8 Å². The van der Waals surface area contributed by atoms with Crippen molar-refractivity contribution in [3.63, 3.8) is 0 Å². The Bertz CT molecular complexity index is 692. The molecule has 0 aliphatic rings. The first-order chi connectivity index (χ1) is 9.38. The molecule has 0 atom stereocenters. The number of fused-ring (bicyclic) bond motifs is 1. The maximum Gasteiger partial charge on any atom is 0.126 e. The van der Waals surface area contributed by atoms with E-state index in [4.69, 9.17) is 4.74 Å². The van der Waals surface area contributed by atoms with Crippen LogP contribution in [0.1, 0.15) is 11.3 Å². The quantitative estimate of drug-likeness (QED) is 0.703. The summed E-state index contributed by atoms with van der Waals surface area (Å²) in [5.74, 6) is 0.897. The summed E-state index contributed by atoms with van der Waals surface area (Å²) < 4.78 is 5.40. The Labute approximate surface area is 112 Å². The SMILES string of the molecule is COc1cccc2c(Cc3ccccc3)nccc12. The van der Waals surface area contributed by atoms with Gasteiger partial charge in [-0.2, -0.15) is 0 Å². The van der Waals surface area contributed by atoms with Gasteiger partial charge in [0.15, 0.2) is 0 Å². The van der Waals surface area contributed by atoms with Gasteiger partial charge in [0.05, 0.1) is 12.8 Å². The second-order valence-corrected chi connectivity index (χ2v) is 4.48. The van der Waals surface area contributed by atoms with Crippen LogP contribution < -0.4 is 4.74 Å². The van der Waals surface area contributed by atoms with Crippen LogP contribution in [0, 0.1) is 0 Å². The first-order valence-electron chi connectivity index (χ1n) is 6.33. The molecule has 94 valence electrons. The molecule has 1 aromatic heterocycles. The van der Waals surface area contributed by atoms with Crippen molar-refractivity contribution in [2.24, 2.45) is 0 Å². The van der Waals surface area contributed by atoms with Gasteiger partial charge in [-0.05, 0) is 17.7 Å². The van der Waals surface area contributed by atoms with Gasteiger partial charge in [-0.3, -0.25) is 4.98 Å². The number of aromatic nitrogens is 1. The summed E-state index contributed by atoms with van der Waals surface area (Å²) in [6.45, 7) is 0. The summed E-state index contributed by atoms with van der Waals surface area (Å²) in [5, 5.41) is 2.27. The normalized spacial score (nSPS) is 10.6. The van der Waals surface area contributed by atoms with E-state index in [0.29, 0.717) is 0 Å². The highest BCUT2D eigenvalue weighted by Crippen LogP contribution is 2.27. The molecule has 0 aliphatic carbocycles. The molecule has 0 spiro atoms. The molecule has 3 aromatic rings. The number of pyridine rings is 1. The fraction of sp³-hybridized carbons (Fsp3) is 0.118. The van der Waals surface area contributed by atoms with Gasteiger partial charge >= 0.3 is 0 Å². The van der Waals surface area contributed by atoms with Crippen molar-refractivity contribution in [3.05, 3.63) is 72.1 Å². The standard InChI is InChI=1S/C17H15NO/c1-19-17-9-5-8-14-15(17)10-11-18-16(14)12-13-6-3-2-4-7-13/h2-11H,12H2,1H3. The van der Waals surface area contributed by atoms with E-state index in [1.165, 1.54) is 5.56 Å². The molecule has 0 fully saturated rings. The molecule has 0 radical (unpaired) electrons. The third kappa shape index (κ3) is 2.29. The van der Waals surface area contributed by atoms with Crippen LogP contribution in [0.2, 0.25) is 0 Å². The molecule has 0 amide bonds. The second kappa shape index (κ2) is 5.11. The maximum atomic E-state index is 5.40. The number of hydrogen-bond acceptors (Lipinski definition) is 2. The van der Waals surface area contributed by atoms with Crippen LogP contribution in [0.5, 0.6) is 5.75 Å². The minimum Gasteiger partial charge on any atom is -0.496 e. The molecule has 3 rings (SSSR count). The molecule has 2 aromatic carbocycles. The Hall–Kier alpha value is -2.35. The van der Waals surface area contributed by atoms with Crippen LogP contribution >= 0.6 is 0 Å². The minimum absolute atomic E-state index is 0.839. The van der Waals surface area contributed by atoms with Crippen LogP contribution in [0.4, 0.5) is 0 Å². The largest absolute Gasteiger partial charge is 0.496 e. The predicted molar refractivity (Wildman–Crippen MR) is 77.5 cm³/mol. The van der Waals surface area contributed by atoms with Gasteiger partial charge in [0.2, 0.25) is 0 Å². The van der Waals surface area contributed by atoms with Crippen molar-refractivity contribution in [2.75, 3.05) is 7.11 Å². The molecule has 0 saturated heterocycles. The van der Waals surface area contributed by atoms with Crippen LogP contribution in [0.3, 0.4) is 0 Å². The van der Waals surface area contributed by atoms with Gasteiger partial charge in [-0.15, -0.1) is 0 Å². The Kier molecular flexibility index (Phi) is 3.15. The van der Waals surface area contributed by atoms with E-state index in [1.807, 2.05) is 30.5 Å². The van der Waals surface area contributed by atoms with E-state index in [0.717, 1.165) is 28.6 Å². The van der Waals surface area contributed by atoms with Gasteiger partial charge in [0, 0.05) is 23.4 Å². The second-order valence-electron chi connectivity index (χ2n) is 4.48. The van der Waals surface area contributed by atoms with Gasteiger partial charge < -0.3 is 4.74 Å². The van der Waals surface area contributed by atoms with E-state index in [1.54, 1.807) is 7.11 Å². The van der Waals surface area contributed by atoms with Gasteiger partial charge in [0.25, 0.3) is 0 Å². The van der Waals surface area contributed by atoms with Crippen molar-refractivity contribution in [2.45, 2.75) is 6.42 Å². The van der Waals surface area contributed by atoms with Crippen molar-refractivity contribution in [3.8, 4) is 5.75 Å². The van der Waals surface area contributed by atoms with Gasteiger partial charge in [0.1, 0.15) is 5.75 Å². The first-order valence-corrected chi connectivity index (χ1v) is 6.33. The lowest BCUT2D eigenvalue weighted by Gasteiger charge is -2.09. The Morgan fingerprint density at radius 1 is 0.895 bits per heavy atom. The molecule has 2 nitrogen and oxygen atoms in total. The van der Waals surface area contributed by atoms with Crippen molar-refractivity contribution in [1.29, 1.82) is 0 Å². The zero-order valence-corrected chi connectivity index (χ0v) is 10.8. The molecule has 19 heavy (non-hydrogen) atoms. The molecule has 0 unspecified atom stereocenters.